The zero-order valence-corrected chi connectivity index (χ0v) is 26.2. The average molecular weight is 578 g/mol. The van der Waals surface area contributed by atoms with Crippen LogP contribution in [-0.4, -0.2) is 0 Å². The average Bonchev–Trinajstić information content (AvgIpc) is 3.43. The highest BCUT2D eigenvalue weighted by Gasteiger charge is 2.38. The molecule has 1 nitrogen and oxygen atoms in total. The van der Waals surface area contributed by atoms with Gasteiger partial charge in [-0.15, -0.1) is 0 Å². The first-order valence-corrected chi connectivity index (χ1v) is 16.0. The molecule has 45 heavy (non-hydrogen) atoms. The number of rotatable bonds is 3. The normalized spacial score (nSPS) is 15.0. The molecule has 2 aliphatic rings. The van der Waals surface area contributed by atoms with Gasteiger partial charge in [-0.1, -0.05) is 119 Å². The van der Waals surface area contributed by atoms with Crippen LogP contribution in [0, 0.1) is 0 Å². The molecule has 0 saturated carbocycles. The minimum Gasteiger partial charge on any atom is -0.310 e. The minimum atomic E-state index is -0.0879. The van der Waals surface area contributed by atoms with Crippen molar-refractivity contribution in [3.8, 4) is 22.3 Å². The first kappa shape index (κ1) is 26.3. The Balaban J connectivity index is 1.21. The Morgan fingerprint density at radius 1 is 0.378 bits per heavy atom. The van der Waals surface area contributed by atoms with Crippen LogP contribution in [0.1, 0.15) is 49.9 Å². The number of hydrogen-bond acceptors (Lipinski definition) is 1. The second-order valence-corrected chi connectivity index (χ2v) is 13.8. The Kier molecular flexibility index (Phi) is 5.37. The number of para-hydroxylation sites is 1. The Morgan fingerprint density at radius 3 is 1.82 bits per heavy atom. The first-order chi connectivity index (χ1) is 21.8. The lowest BCUT2D eigenvalue weighted by molar-refractivity contribution is 0.660. The van der Waals surface area contributed by atoms with Gasteiger partial charge in [-0.3, -0.25) is 0 Å². The zero-order chi connectivity index (χ0) is 30.5. The third-order valence-electron chi connectivity index (χ3n) is 10.6. The van der Waals surface area contributed by atoms with Crippen LogP contribution < -0.4 is 4.90 Å². The summed E-state index contributed by atoms with van der Waals surface area (Å²) in [5.41, 5.74) is 14.4. The van der Waals surface area contributed by atoms with Crippen LogP contribution in [0.4, 0.5) is 17.1 Å². The highest BCUT2D eigenvalue weighted by Crippen LogP contribution is 2.54. The number of nitrogens with zero attached hydrogens (tertiary/aromatic N) is 1. The lowest BCUT2D eigenvalue weighted by Gasteiger charge is -2.29. The SMILES string of the molecule is CC1(C)c2ccccc2-c2ccc(N(c3ccccc3)c3ccc4c5c(ccc4c3)-c3cc4ccccc4cc3C5(C)C)cc21. The second-order valence-electron chi connectivity index (χ2n) is 13.8. The third-order valence-corrected chi connectivity index (χ3v) is 10.6. The molecule has 0 fully saturated rings. The molecule has 2 aliphatic carbocycles. The summed E-state index contributed by atoms with van der Waals surface area (Å²) in [6, 6.07) is 52.0. The van der Waals surface area contributed by atoms with E-state index in [1.165, 1.54) is 77.4 Å². The maximum atomic E-state index is 2.42. The van der Waals surface area contributed by atoms with Crippen molar-refractivity contribution in [2.75, 3.05) is 4.90 Å². The predicted octanol–water partition coefficient (Wildman–Crippen LogP) is 12.1. The Bertz CT molecular complexity index is 2320. The number of hydrogen-bond donors (Lipinski definition) is 0. The smallest absolute Gasteiger partial charge is 0.0468 e. The lowest BCUT2D eigenvalue weighted by Crippen LogP contribution is -2.17. The molecule has 0 N–H and O–H groups in total. The van der Waals surface area contributed by atoms with E-state index in [0.717, 1.165) is 5.69 Å². The fraction of sp³-hybridized carbons (Fsp3) is 0.136. The van der Waals surface area contributed by atoms with Crippen LogP contribution in [0.3, 0.4) is 0 Å². The molecule has 0 saturated heterocycles. The monoisotopic (exact) mass is 577 g/mol. The highest BCUT2D eigenvalue weighted by molar-refractivity contribution is 6.02. The molecule has 0 heterocycles. The van der Waals surface area contributed by atoms with Gasteiger partial charge < -0.3 is 4.90 Å². The fourth-order valence-electron chi connectivity index (χ4n) is 8.32. The topological polar surface area (TPSA) is 3.24 Å². The maximum absolute atomic E-state index is 2.42. The maximum Gasteiger partial charge on any atom is 0.0468 e. The molecule has 216 valence electrons. The van der Waals surface area contributed by atoms with E-state index in [1.807, 2.05) is 0 Å². The van der Waals surface area contributed by atoms with Crippen LogP contribution in [0.15, 0.2) is 140 Å². The number of benzene rings is 7. The van der Waals surface area contributed by atoms with Gasteiger partial charge in [0.25, 0.3) is 0 Å². The molecule has 0 aromatic heterocycles. The van der Waals surface area contributed by atoms with Gasteiger partial charge >= 0.3 is 0 Å². The molecule has 0 radical (unpaired) electrons. The van der Waals surface area contributed by atoms with E-state index >= 15 is 0 Å². The first-order valence-electron chi connectivity index (χ1n) is 16.0. The zero-order valence-electron chi connectivity index (χ0n) is 26.2. The highest BCUT2D eigenvalue weighted by atomic mass is 15.1. The summed E-state index contributed by atoms with van der Waals surface area (Å²) >= 11 is 0. The van der Waals surface area contributed by atoms with Gasteiger partial charge in [-0.25, -0.2) is 0 Å². The number of fused-ring (bicyclic) bond motifs is 9. The summed E-state index contributed by atoms with van der Waals surface area (Å²) in [7, 11) is 0. The van der Waals surface area contributed by atoms with Gasteiger partial charge in [0.1, 0.15) is 0 Å². The van der Waals surface area contributed by atoms with E-state index in [-0.39, 0.29) is 10.8 Å². The molecule has 9 rings (SSSR count). The molecule has 0 bridgehead atoms. The summed E-state index contributed by atoms with van der Waals surface area (Å²) in [4.78, 5) is 2.42. The summed E-state index contributed by atoms with van der Waals surface area (Å²) in [5, 5.41) is 5.21. The fourth-order valence-corrected chi connectivity index (χ4v) is 8.32. The Labute approximate surface area is 265 Å². The van der Waals surface area contributed by atoms with Crippen LogP contribution in [-0.2, 0) is 10.8 Å². The molecule has 7 aromatic rings. The van der Waals surface area contributed by atoms with Gasteiger partial charge in [-0.05, 0) is 115 Å². The van der Waals surface area contributed by atoms with Crippen LogP contribution in [0.25, 0.3) is 43.8 Å². The van der Waals surface area contributed by atoms with Crippen LogP contribution in [0.5, 0.6) is 0 Å². The van der Waals surface area contributed by atoms with Crippen molar-refractivity contribution in [1.29, 1.82) is 0 Å². The van der Waals surface area contributed by atoms with Crippen LogP contribution in [0.2, 0.25) is 0 Å². The van der Waals surface area contributed by atoms with Crippen LogP contribution >= 0.6 is 0 Å². The molecular weight excluding hydrogens is 542 g/mol. The molecule has 7 aromatic carbocycles. The van der Waals surface area contributed by atoms with Crippen molar-refractivity contribution >= 4 is 38.6 Å². The van der Waals surface area contributed by atoms with E-state index < -0.39 is 0 Å². The van der Waals surface area contributed by atoms with E-state index in [0.29, 0.717) is 0 Å². The van der Waals surface area contributed by atoms with E-state index in [2.05, 4.69) is 172 Å². The van der Waals surface area contributed by atoms with Crippen molar-refractivity contribution in [2.45, 2.75) is 38.5 Å². The molecule has 0 unspecified atom stereocenters. The Hall–Kier alpha value is -5.14. The van der Waals surface area contributed by atoms with E-state index in [9.17, 15) is 0 Å². The molecule has 1 heteroatoms. The third kappa shape index (κ3) is 3.68. The summed E-state index contributed by atoms with van der Waals surface area (Å²) in [6.45, 7) is 9.49. The van der Waals surface area contributed by atoms with E-state index in [1.54, 1.807) is 0 Å². The summed E-state index contributed by atoms with van der Waals surface area (Å²) in [6.07, 6.45) is 0. The van der Waals surface area contributed by atoms with Gasteiger partial charge in [-0.2, -0.15) is 0 Å². The van der Waals surface area contributed by atoms with E-state index in [4.69, 9.17) is 0 Å². The summed E-state index contributed by atoms with van der Waals surface area (Å²) < 4.78 is 0. The van der Waals surface area contributed by atoms with Gasteiger partial charge in [0.15, 0.2) is 0 Å². The quantitative estimate of drug-likeness (QED) is 0.202. The molecule has 0 atom stereocenters. The lowest BCUT2D eigenvalue weighted by atomic mass is 9.80. The van der Waals surface area contributed by atoms with Crippen molar-refractivity contribution in [3.63, 3.8) is 0 Å². The predicted molar refractivity (Wildman–Crippen MR) is 191 cm³/mol. The standard InChI is InChI=1S/C44H35N/c1-43(2)39-17-11-10-16-35(39)36-23-20-33(27-41(36)43)45(31-14-6-5-7-15-31)32-19-22-34-30(24-32)18-21-37-38-25-28-12-8-9-13-29(28)26-40(38)44(3,4)42(34)37/h5-27H,1-4H3. The molecule has 0 aliphatic heterocycles. The number of anilines is 3. The second kappa shape index (κ2) is 9.19. The Morgan fingerprint density at radius 2 is 1.00 bits per heavy atom. The summed E-state index contributed by atoms with van der Waals surface area (Å²) in [5.74, 6) is 0. The van der Waals surface area contributed by atoms with Crippen molar-refractivity contribution in [3.05, 3.63) is 162 Å². The molecule has 0 amide bonds. The molecule has 0 spiro atoms. The van der Waals surface area contributed by atoms with Crippen molar-refractivity contribution < 1.29 is 0 Å². The largest absolute Gasteiger partial charge is 0.310 e. The van der Waals surface area contributed by atoms with Gasteiger partial charge in [0.05, 0.1) is 0 Å². The minimum absolute atomic E-state index is 0.0559. The van der Waals surface area contributed by atoms with Gasteiger partial charge in [0, 0.05) is 27.9 Å². The van der Waals surface area contributed by atoms with Crippen molar-refractivity contribution in [1.82, 2.24) is 0 Å². The van der Waals surface area contributed by atoms with Gasteiger partial charge in [0.2, 0.25) is 0 Å². The van der Waals surface area contributed by atoms with Crippen molar-refractivity contribution in [2.24, 2.45) is 0 Å². The molecular formula is C44H35N.